The van der Waals surface area contributed by atoms with Gasteiger partial charge in [0.05, 0.1) is 17.2 Å². The molecular formula is C27H27F3N4O2. The Kier molecular flexibility index (Phi) is 6.40. The lowest BCUT2D eigenvalue weighted by Crippen LogP contribution is -2.52. The SMILES string of the molecule is CC(C)CC1C2CC(Oc3ccc(C(F)(F)F)cn3)C(C2)N1C(=O)c1ccccc1-c1ncccn1. The third-order valence-electron chi connectivity index (χ3n) is 7.01. The second-order valence-electron chi connectivity index (χ2n) is 9.87. The normalized spacial score (nSPS) is 23.3. The highest BCUT2D eigenvalue weighted by Crippen LogP contribution is 2.47. The van der Waals surface area contributed by atoms with Gasteiger partial charge in [0.15, 0.2) is 5.82 Å². The Labute approximate surface area is 207 Å². The smallest absolute Gasteiger partial charge is 0.417 e. The molecule has 0 spiro atoms. The summed E-state index contributed by atoms with van der Waals surface area (Å²) in [5, 5.41) is 0. The van der Waals surface area contributed by atoms with E-state index in [4.69, 9.17) is 4.74 Å². The van der Waals surface area contributed by atoms with E-state index >= 15 is 0 Å². The first-order chi connectivity index (χ1) is 17.2. The lowest BCUT2D eigenvalue weighted by atomic mass is 9.89. The molecule has 4 unspecified atom stereocenters. The fourth-order valence-electron chi connectivity index (χ4n) is 5.53. The maximum Gasteiger partial charge on any atom is 0.417 e. The fourth-order valence-corrected chi connectivity index (χ4v) is 5.53. The Morgan fingerprint density at radius 3 is 2.47 bits per heavy atom. The number of halogens is 3. The van der Waals surface area contributed by atoms with Crippen molar-refractivity contribution in [2.45, 2.75) is 57.5 Å². The van der Waals surface area contributed by atoms with Crippen LogP contribution in [0.1, 0.15) is 49.0 Å². The van der Waals surface area contributed by atoms with E-state index in [0.29, 0.717) is 22.9 Å². The van der Waals surface area contributed by atoms with Gasteiger partial charge in [-0.05, 0) is 49.3 Å². The van der Waals surface area contributed by atoms with Crippen molar-refractivity contribution in [3.8, 4) is 17.3 Å². The number of alkyl halides is 3. The highest BCUT2D eigenvalue weighted by atomic mass is 19.4. The molecule has 0 radical (unpaired) electrons. The Morgan fingerprint density at radius 1 is 1.06 bits per heavy atom. The first kappa shape index (κ1) is 24.2. The Hall–Kier alpha value is -3.49. The molecule has 36 heavy (non-hydrogen) atoms. The van der Waals surface area contributed by atoms with Gasteiger partial charge >= 0.3 is 6.18 Å². The number of benzene rings is 1. The average molecular weight is 497 g/mol. The van der Waals surface area contributed by atoms with Gasteiger partial charge in [0.25, 0.3) is 5.91 Å². The molecule has 1 aliphatic heterocycles. The first-order valence-corrected chi connectivity index (χ1v) is 12.1. The van der Waals surface area contributed by atoms with Gasteiger partial charge in [-0.15, -0.1) is 0 Å². The lowest BCUT2D eigenvalue weighted by Gasteiger charge is -2.40. The van der Waals surface area contributed by atoms with E-state index < -0.39 is 11.7 Å². The van der Waals surface area contributed by atoms with Crippen LogP contribution in [0, 0.1) is 11.8 Å². The Morgan fingerprint density at radius 2 is 1.81 bits per heavy atom. The van der Waals surface area contributed by atoms with Crippen molar-refractivity contribution in [2.75, 3.05) is 0 Å². The Bertz CT molecular complexity index is 1220. The van der Waals surface area contributed by atoms with Crippen LogP contribution in [-0.2, 0) is 6.18 Å². The summed E-state index contributed by atoms with van der Waals surface area (Å²) >= 11 is 0. The molecule has 0 N–H and O–H groups in total. The van der Waals surface area contributed by atoms with Crippen molar-refractivity contribution < 1.29 is 22.7 Å². The minimum atomic E-state index is -4.46. The highest BCUT2D eigenvalue weighted by molar-refractivity contribution is 6.00. The lowest BCUT2D eigenvalue weighted by molar-refractivity contribution is -0.137. The van der Waals surface area contributed by atoms with Crippen LogP contribution < -0.4 is 4.74 Å². The number of aromatic nitrogens is 3. The predicted octanol–water partition coefficient (Wildman–Crippen LogP) is 5.65. The molecule has 1 amide bonds. The van der Waals surface area contributed by atoms with Gasteiger partial charge in [0.1, 0.15) is 6.10 Å². The van der Waals surface area contributed by atoms with Gasteiger partial charge in [-0.2, -0.15) is 13.2 Å². The van der Waals surface area contributed by atoms with E-state index in [1.54, 1.807) is 24.5 Å². The van der Waals surface area contributed by atoms with Crippen LogP contribution in [0.25, 0.3) is 11.4 Å². The third kappa shape index (κ3) is 4.66. The van der Waals surface area contributed by atoms with Gasteiger partial charge in [-0.3, -0.25) is 4.79 Å². The molecule has 3 aromatic rings. The number of likely N-dealkylation sites (tertiary alicyclic amines) is 1. The number of ether oxygens (including phenoxy) is 1. The molecule has 1 aliphatic carbocycles. The van der Waals surface area contributed by atoms with Gasteiger partial charge in [-0.1, -0.05) is 32.0 Å². The van der Waals surface area contributed by atoms with Crippen LogP contribution in [0.4, 0.5) is 13.2 Å². The fraction of sp³-hybridized carbons (Fsp3) is 0.407. The monoisotopic (exact) mass is 496 g/mol. The van der Waals surface area contributed by atoms with E-state index in [1.165, 1.54) is 6.07 Å². The van der Waals surface area contributed by atoms with Crippen molar-refractivity contribution in [3.63, 3.8) is 0 Å². The van der Waals surface area contributed by atoms with E-state index in [0.717, 1.165) is 31.5 Å². The second-order valence-corrected chi connectivity index (χ2v) is 9.87. The minimum Gasteiger partial charge on any atom is -0.472 e. The maximum absolute atomic E-state index is 14.1. The molecule has 1 saturated carbocycles. The van der Waals surface area contributed by atoms with Crippen molar-refractivity contribution in [1.29, 1.82) is 0 Å². The van der Waals surface area contributed by atoms with E-state index in [2.05, 4.69) is 28.8 Å². The number of piperidine rings is 1. The second kappa shape index (κ2) is 9.52. The van der Waals surface area contributed by atoms with E-state index in [9.17, 15) is 18.0 Å². The minimum absolute atomic E-state index is 0.0627. The van der Waals surface area contributed by atoms with Crippen molar-refractivity contribution in [2.24, 2.45) is 11.8 Å². The molecule has 2 fully saturated rings. The molecule has 9 heteroatoms. The number of pyridine rings is 1. The zero-order valence-corrected chi connectivity index (χ0v) is 20.0. The number of nitrogens with zero attached hydrogens (tertiary/aromatic N) is 4. The summed E-state index contributed by atoms with van der Waals surface area (Å²) in [5.41, 5.74) is 0.365. The predicted molar refractivity (Wildman–Crippen MR) is 127 cm³/mol. The van der Waals surface area contributed by atoms with Crippen molar-refractivity contribution in [1.82, 2.24) is 19.9 Å². The third-order valence-corrected chi connectivity index (χ3v) is 7.01. The average Bonchev–Trinajstić information content (AvgIpc) is 3.42. The molecular weight excluding hydrogens is 469 g/mol. The first-order valence-electron chi connectivity index (χ1n) is 12.1. The summed E-state index contributed by atoms with van der Waals surface area (Å²) in [6.45, 7) is 4.28. The largest absolute Gasteiger partial charge is 0.472 e. The van der Waals surface area contributed by atoms with Crippen molar-refractivity contribution in [3.05, 3.63) is 72.2 Å². The van der Waals surface area contributed by atoms with Crippen LogP contribution in [0.5, 0.6) is 5.88 Å². The number of hydrogen-bond donors (Lipinski definition) is 0. The summed E-state index contributed by atoms with van der Waals surface area (Å²) < 4.78 is 44.8. The summed E-state index contributed by atoms with van der Waals surface area (Å²) in [7, 11) is 0. The number of rotatable bonds is 6. The van der Waals surface area contributed by atoms with Crippen LogP contribution in [0.2, 0.25) is 0 Å². The van der Waals surface area contributed by atoms with Gasteiger partial charge in [0.2, 0.25) is 5.88 Å². The number of carbonyl (C=O) groups is 1. The standard InChI is InChI=1S/C27H27F3N4O2/c1-16(2)12-21-17-13-22(23(14-17)36-24-9-8-18(15-33-24)27(28,29)30)34(21)26(35)20-7-4-3-6-19(20)25-31-10-5-11-32-25/h3-11,15-17,21-23H,12-14H2,1-2H3. The number of carbonyl (C=O) groups excluding carboxylic acids is 1. The van der Waals surface area contributed by atoms with Crippen molar-refractivity contribution >= 4 is 5.91 Å². The number of hydrogen-bond acceptors (Lipinski definition) is 5. The summed E-state index contributed by atoms with van der Waals surface area (Å²) in [6, 6.07) is 11.1. The zero-order valence-electron chi connectivity index (χ0n) is 20.0. The molecule has 1 saturated heterocycles. The summed E-state index contributed by atoms with van der Waals surface area (Å²) in [6.07, 6.45) is 1.66. The van der Waals surface area contributed by atoms with Gasteiger partial charge in [0, 0.05) is 36.3 Å². The maximum atomic E-state index is 14.1. The van der Waals surface area contributed by atoms with Crippen LogP contribution in [0.3, 0.4) is 0 Å². The highest BCUT2D eigenvalue weighted by Gasteiger charge is 2.54. The van der Waals surface area contributed by atoms with Gasteiger partial charge in [-0.25, -0.2) is 15.0 Å². The molecule has 4 atom stereocenters. The molecule has 2 bridgehead atoms. The molecule has 2 aliphatic rings. The van der Waals surface area contributed by atoms with Crippen LogP contribution >= 0.6 is 0 Å². The topological polar surface area (TPSA) is 68.2 Å². The van der Waals surface area contributed by atoms with E-state index in [1.807, 2.05) is 23.1 Å². The number of amides is 1. The van der Waals surface area contributed by atoms with Crippen LogP contribution in [-0.4, -0.2) is 43.9 Å². The molecule has 6 nitrogen and oxygen atoms in total. The van der Waals surface area contributed by atoms with E-state index in [-0.39, 0.29) is 35.9 Å². The van der Waals surface area contributed by atoms with Gasteiger partial charge < -0.3 is 9.64 Å². The molecule has 3 heterocycles. The molecule has 1 aromatic carbocycles. The number of fused-ring (bicyclic) bond motifs is 2. The summed E-state index contributed by atoms with van der Waals surface area (Å²) in [5.74, 6) is 1.15. The molecule has 188 valence electrons. The quantitative estimate of drug-likeness (QED) is 0.441. The summed E-state index contributed by atoms with van der Waals surface area (Å²) in [4.78, 5) is 28.5. The zero-order chi connectivity index (χ0) is 25.4. The molecule has 2 aromatic heterocycles. The Balaban J connectivity index is 1.43. The molecule has 5 rings (SSSR count). The van der Waals surface area contributed by atoms with Crippen LogP contribution in [0.15, 0.2) is 61.1 Å².